The molecule has 1 aromatic rings. The standard InChI is InChI=1S/C10H13N3O2/c1-6(2)13-10(15)7-3-8(5-14)9(11)12-4-7/h3-6H,1-2H3,(H2,11,12)(H,13,15). The summed E-state index contributed by atoms with van der Waals surface area (Å²) in [6.45, 7) is 3.70. The molecular weight excluding hydrogens is 194 g/mol. The van der Waals surface area contributed by atoms with Crippen molar-refractivity contribution in [2.24, 2.45) is 0 Å². The van der Waals surface area contributed by atoms with Crippen LogP contribution in [0.25, 0.3) is 0 Å². The van der Waals surface area contributed by atoms with E-state index in [4.69, 9.17) is 5.73 Å². The summed E-state index contributed by atoms with van der Waals surface area (Å²) in [6.07, 6.45) is 1.93. The zero-order chi connectivity index (χ0) is 11.4. The summed E-state index contributed by atoms with van der Waals surface area (Å²) in [7, 11) is 0. The van der Waals surface area contributed by atoms with Gasteiger partial charge in [-0.05, 0) is 19.9 Å². The lowest BCUT2D eigenvalue weighted by atomic mass is 10.2. The molecule has 0 fully saturated rings. The van der Waals surface area contributed by atoms with E-state index < -0.39 is 0 Å². The molecule has 0 aromatic carbocycles. The first-order chi connectivity index (χ1) is 7.04. The summed E-state index contributed by atoms with van der Waals surface area (Å²) < 4.78 is 0. The first-order valence-corrected chi connectivity index (χ1v) is 4.56. The Morgan fingerprint density at radius 2 is 2.27 bits per heavy atom. The monoisotopic (exact) mass is 207 g/mol. The van der Waals surface area contributed by atoms with Crippen LogP contribution in [0.1, 0.15) is 34.6 Å². The molecule has 15 heavy (non-hydrogen) atoms. The maximum Gasteiger partial charge on any atom is 0.253 e. The van der Waals surface area contributed by atoms with Gasteiger partial charge in [-0.1, -0.05) is 0 Å². The van der Waals surface area contributed by atoms with Gasteiger partial charge in [-0.15, -0.1) is 0 Å². The number of nitrogen functional groups attached to an aromatic ring is 1. The first-order valence-electron chi connectivity index (χ1n) is 4.56. The van der Waals surface area contributed by atoms with Crippen molar-refractivity contribution >= 4 is 18.0 Å². The Morgan fingerprint density at radius 3 is 2.80 bits per heavy atom. The molecule has 1 rings (SSSR count). The molecule has 0 aliphatic carbocycles. The van der Waals surface area contributed by atoms with Crippen LogP contribution >= 0.6 is 0 Å². The summed E-state index contributed by atoms with van der Waals surface area (Å²) in [6, 6.07) is 1.46. The Kier molecular flexibility index (Phi) is 3.38. The zero-order valence-corrected chi connectivity index (χ0v) is 8.65. The smallest absolute Gasteiger partial charge is 0.253 e. The highest BCUT2D eigenvalue weighted by Crippen LogP contribution is 2.08. The molecule has 0 aliphatic heterocycles. The van der Waals surface area contributed by atoms with E-state index >= 15 is 0 Å². The number of anilines is 1. The van der Waals surface area contributed by atoms with Gasteiger partial charge in [-0.25, -0.2) is 4.98 Å². The molecule has 5 heteroatoms. The van der Waals surface area contributed by atoms with Crippen LogP contribution < -0.4 is 11.1 Å². The molecule has 0 saturated heterocycles. The molecule has 5 nitrogen and oxygen atoms in total. The molecule has 3 N–H and O–H groups in total. The minimum Gasteiger partial charge on any atom is -0.383 e. The molecule has 0 radical (unpaired) electrons. The lowest BCUT2D eigenvalue weighted by Gasteiger charge is -2.08. The summed E-state index contributed by atoms with van der Waals surface area (Å²) >= 11 is 0. The highest BCUT2D eigenvalue weighted by Gasteiger charge is 2.09. The molecule has 1 heterocycles. The quantitative estimate of drug-likeness (QED) is 0.711. The van der Waals surface area contributed by atoms with Crippen LogP contribution in [-0.2, 0) is 0 Å². The first kappa shape index (κ1) is 11.2. The molecule has 0 saturated carbocycles. The van der Waals surface area contributed by atoms with E-state index in [1.165, 1.54) is 12.3 Å². The van der Waals surface area contributed by atoms with Gasteiger partial charge in [0, 0.05) is 12.2 Å². The predicted molar refractivity (Wildman–Crippen MR) is 56.6 cm³/mol. The van der Waals surface area contributed by atoms with E-state index in [9.17, 15) is 9.59 Å². The van der Waals surface area contributed by atoms with E-state index in [0.717, 1.165) is 0 Å². The normalized spacial score (nSPS) is 10.1. The Morgan fingerprint density at radius 1 is 1.60 bits per heavy atom. The van der Waals surface area contributed by atoms with Gasteiger partial charge in [0.2, 0.25) is 0 Å². The van der Waals surface area contributed by atoms with E-state index in [0.29, 0.717) is 11.8 Å². The summed E-state index contributed by atoms with van der Waals surface area (Å²) in [5.41, 5.74) is 5.99. The highest BCUT2D eigenvalue weighted by molar-refractivity contribution is 5.96. The topological polar surface area (TPSA) is 85.1 Å². The third kappa shape index (κ3) is 2.77. The number of carbonyl (C=O) groups excluding carboxylic acids is 2. The van der Waals surface area contributed by atoms with E-state index in [1.54, 1.807) is 0 Å². The van der Waals surface area contributed by atoms with Crippen molar-refractivity contribution in [2.75, 3.05) is 5.73 Å². The molecular formula is C10H13N3O2. The van der Waals surface area contributed by atoms with Crippen molar-refractivity contribution in [1.29, 1.82) is 0 Å². The van der Waals surface area contributed by atoms with Crippen LogP contribution in [0.4, 0.5) is 5.82 Å². The third-order valence-electron chi connectivity index (χ3n) is 1.76. The number of aldehydes is 1. The highest BCUT2D eigenvalue weighted by atomic mass is 16.1. The Labute approximate surface area is 87.7 Å². The van der Waals surface area contributed by atoms with Gasteiger partial charge in [-0.3, -0.25) is 9.59 Å². The fourth-order valence-electron chi connectivity index (χ4n) is 1.06. The number of carbonyl (C=O) groups is 2. The fourth-order valence-corrected chi connectivity index (χ4v) is 1.06. The second-order valence-corrected chi connectivity index (χ2v) is 3.44. The van der Waals surface area contributed by atoms with Crippen LogP contribution in [-0.4, -0.2) is 23.2 Å². The number of amides is 1. The van der Waals surface area contributed by atoms with Gasteiger partial charge in [0.1, 0.15) is 5.82 Å². The summed E-state index contributed by atoms with van der Waals surface area (Å²) in [5.74, 6) is -0.133. The molecule has 0 unspecified atom stereocenters. The minimum atomic E-state index is -0.263. The van der Waals surface area contributed by atoms with Gasteiger partial charge in [0.15, 0.2) is 6.29 Å². The van der Waals surface area contributed by atoms with Crippen molar-refractivity contribution in [3.05, 3.63) is 23.4 Å². The van der Waals surface area contributed by atoms with Gasteiger partial charge in [-0.2, -0.15) is 0 Å². The van der Waals surface area contributed by atoms with Crippen molar-refractivity contribution in [2.45, 2.75) is 19.9 Å². The maximum atomic E-state index is 11.5. The van der Waals surface area contributed by atoms with Crippen LogP contribution in [0, 0.1) is 0 Å². The van der Waals surface area contributed by atoms with Crippen LogP contribution in [0.3, 0.4) is 0 Å². The Hall–Kier alpha value is -1.91. The van der Waals surface area contributed by atoms with Crippen molar-refractivity contribution < 1.29 is 9.59 Å². The third-order valence-corrected chi connectivity index (χ3v) is 1.76. The molecule has 0 spiro atoms. The fraction of sp³-hybridized carbons (Fsp3) is 0.300. The SMILES string of the molecule is CC(C)NC(=O)c1cnc(N)c(C=O)c1. The second-order valence-electron chi connectivity index (χ2n) is 3.44. The molecule has 0 aliphatic rings. The largest absolute Gasteiger partial charge is 0.383 e. The van der Waals surface area contributed by atoms with Crippen molar-refractivity contribution in [3.63, 3.8) is 0 Å². The van der Waals surface area contributed by atoms with E-state index in [-0.39, 0.29) is 23.3 Å². The summed E-state index contributed by atoms with van der Waals surface area (Å²) in [4.78, 5) is 25.9. The van der Waals surface area contributed by atoms with Crippen LogP contribution in [0.5, 0.6) is 0 Å². The number of pyridine rings is 1. The number of nitrogens with one attached hydrogen (secondary N) is 1. The molecule has 0 bridgehead atoms. The average molecular weight is 207 g/mol. The molecule has 1 aromatic heterocycles. The van der Waals surface area contributed by atoms with Gasteiger partial charge >= 0.3 is 0 Å². The number of hydrogen-bond donors (Lipinski definition) is 2. The van der Waals surface area contributed by atoms with Crippen molar-refractivity contribution in [3.8, 4) is 0 Å². The number of nitrogens with zero attached hydrogens (tertiary/aromatic N) is 1. The number of rotatable bonds is 3. The van der Waals surface area contributed by atoms with E-state index in [2.05, 4.69) is 10.3 Å². The Bertz CT molecular complexity index is 388. The molecule has 1 amide bonds. The maximum absolute atomic E-state index is 11.5. The van der Waals surface area contributed by atoms with Gasteiger partial charge in [0.25, 0.3) is 5.91 Å². The van der Waals surface area contributed by atoms with E-state index in [1.807, 2.05) is 13.8 Å². The van der Waals surface area contributed by atoms with Crippen molar-refractivity contribution in [1.82, 2.24) is 10.3 Å². The predicted octanol–water partition coefficient (Wildman–Crippen LogP) is 0.615. The van der Waals surface area contributed by atoms with Crippen LogP contribution in [0.15, 0.2) is 12.3 Å². The van der Waals surface area contributed by atoms with Crippen LogP contribution in [0.2, 0.25) is 0 Å². The number of hydrogen-bond acceptors (Lipinski definition) is 4. The van der Waals surface area contributed by atoms with Gasteiger partial charge in [0.05, 0.1) is 11.1 Å². The Balaban J connectivity index is 2.95. The zero-order valence-electron chi connectivity index (χ0n) is 8.65. The molecule has 0 atom stereocenters. The second kappa shape index (κ2) is 4.54. The lowest BCUT2D eigenvalue weighted by molar-refractivity contribution is 0.0943. The summed E-state index contributed by atoms with van der Waals surface area (Å²) in [5, 5.41) is 2.69. The number of nitrogens with two attached hydrogens (primary N) is 1. The lowest BCUT2D eigenvalue weighted by Crippen LogP contribution is -2.30. The minimum absolute atomic E-state index is 0.0368. The average Bonchev–Trinajstić information content (AvgIpc) is 2.17. The molecule has 80 valence electrons. The van der Waals surface area contributed by atoms with Gasteiger partial charge < -0.3 is 11.1 Å². The number of aromatic nitrogens is 1.